The number of nitrogens with one attached hydrogen (secondary N) is 1. The molecule has 1 saturated heterocycles. The number of imide groups is 1. The SMILES string of the molecule is CCN(Cc1nc(-c2ccc(F)cc2)no1)[C@@H]1CC(=O)NC1=O. The Morgan fingerprint density at radius 3 is 2.70 bits per heavy atom. The standard InChI is InChI=1S/C15H15FN4O3/c1-2-20(11-7-12(21)17-15(11)22)8-13-18-14(19-23-13)9-3-5-10(16)6-4-9/h3-6,11H,2,7-8H2,1H3,(H,17,21,22)/t11-/m1/s1. The molecule has 1 aromatic heterocycles. The molecule has 8 heteroatoms. The lowest BCUT2D eigenvalue weighted by molar-refractivity contribution is -0.126. The number of hydrogen-bond acceptors (Lipinski definition) is 6. The minimum atomic E-state index is -0.520. The third-order valence-electron chi connectivity index (χ3n) is 3.70. The smallest absolute Gasteiger partial charge is 0.244 e. The highest BCUT2D eigenvalue weighted by Crippen LogP contribution is 2.18. The monoisotopic (exact) mass is 318 g/mol. The van der Waals surface area contributed by atoms with Gasteiger partial charge in [-0.15, -0.1) is 0 Å². The number of benzene rings is 1. The number of rotatable bonds is 5. The normalized spacial score (nSPS) is 17.8. The number of hydrogen-bond donors (Lipinski definition) is 1. The van der Waals surface area contributed by atoms with Crippen molar-refractivity contribution in [3.8, 4) is 11.4 Å². The van der Waals surface area contributed by atoms with Crippen LogP contribution in [0.4, 0.5) is 4.39 Å². The van der Waals surface area contributed by atoms with Gasteiger partial charge in [-0.1, -0.05) is 12.1 Å². The zero-order valence-electron chi connectivity index (χ0n) is 12.5. The van der Waals surface area contributed by atoms with E-state index in [9.17, 15) is 14.0 Å². The van der Waals surface area contributed by atoms with Crippen molar-refractivity contribution < 1.29 is 18.5 Å². The van der Waals surface area contributed by atoms with E-state index in [0.29, 0.717) is 23.8 Å². The molecular weight excluding hydrogens is 303 g/mol. The number of carbonyl (C=O) groups excluding carboxylic acids is 2. The predicted molar refractivity (Wildman–Crippen MR) is 77.3 cm³/mol. The fourth-order valence-electron chi connectivity index (χ4n) is 2.49. The second-order valence-electron chi connectivity index (χ2n) is 5.21. The van der Waals surface area contributed by atoms with Crippen molar-refractivity contribution in [1.29, 1.82) is 0 Å². The Balaban J connectivity index is 1.73. The average molecular weight is 318 g/mol. The second-order valence-corrected chi connectivity index (χ2v) is 5.21. The molecule has 1 aliphatic rings. The van der Waals surface area contributed by atoms with Crippen LogP contribution in [0.5, 0.6) is 0 Å². The van der Waals surface area contributed by atoms with Crippen molar-refractivity contribution in [3.63, 3.8) is 0 Å². The van der Waals surface area contributed by atoms with Crippen molar-refractivity contribution >= 4 is 11.8 Å². The zero-order valence-corrected chi connectivity index (χ0v) is 12.5. The maximum atomic E-state index is 12.9. The average Bonchev–Trinajstić information content (AvgIpc) is 3.12. The molecule has 1 aromatic carbocycles. The van der Waals surface area contributed by atoms with Crippen LogP contribution in [0.25, 0.3) is 11.4 Å². The maximum absolute atomic E-state index is 12.9. The molecule has 2 heterocycles. The van der Waals surface area contributed by atoms with E-state index < -0.39 is 6.04 Å². The van der Waals surface area contributed by atoms with Crippen LogP contribution in [0, 0.1) is 5.82 Å². The zero-order chi connectivity index (χ0) is 16.4. The minimum absolute atomic E-state index is 0.131. The van der Waals surface area contributed by atoms with Crippen LogP contribution < -0.4 is 5.32 Å². The first-order valence-corrected chi connectivity index (χ1v) is 7.23. The summed E-state index contributed by atoms with van der Waals surface area (Å²) in [5.74, 6) is -0.251. The summed E-state index contributed by atoms with van der Waals surface area (Å²) in [4.78, 5) is 29.1. The summed E-state index contributed by atoms with van der Waals surface area (Å²) in [5, 5.41) is 6.14. The fourth-order valence-corrected chi connectivity index (χ4v) is 2.49. The van der Waals surface area contributed by atoms with Gasteiger partial charge >= 0.3 is 0 Å². The number of nitrogens with zero attached hydrogens (tertiary/aromatic N) is 3. The number of halogens is 1. The Bertz CT molecular complexity index is 729. The first-order chi connectivity index (χ1) is 11.1. The summed E-state index contributed by atoms with van der Waals surface area (Å²) in [7, 11) is 0. The molecule has 7 nitrogen and oxygen atoms in total. The minimum Gasteiger partial charge on any atom is -0.338 e. The van der Waals surface area contributed by atoms with Crippen LogP contribution >= 0.6 is 0 Å². The molecule has 0 radical (unpaired) electrons. The molecule has 23 heavy (non-hydrogen) atoms. The van der Waals surface area contributed by atoms with E-state index in [1.54, 1.807) is 17.0 Å². The van der Waals surface area contributed by atoms with Gasteiger partial charge in [0.1, 0.15) is 5.82 Å². The Morgan fingerprint density at radius 2 is 2.09 bits per heavy atom. The van der Waals surface area contributed by atoms with Gasteiger partial charge in [0.25, 0.3) is 0 Å². The topological polar surface area (TPSA) is 88.3 Å². The van der Waals surface area contributed by atoms with Crippen molar-refractivity contribution in [2.75, 3.05) is 6.54 Å². The molecule has 1 fully saturated rings. The van der Waals surface area contributed by atoms with E-state index in [-0.39, 0.29) is 30.6 Å². The molecule has 0 aliphatic carbocycles. The first kappa shape index (κ1) is 15.3. The number of amides is 2. The third kappa shape index (κ3) is 3.26. The van der Waals surface area contributed by atoms with Crippen LogP contribution in [-0.4, -0.2) is 39.4 Å². The van der Waals surface area contributed by atoms with E-state index in [0.717, 1.165) is 0 Å². The van der Waals surface area contributed by atoms with Crippen molar-refractivity contribution in [2.24, 2.45) is 0 Å². The Labute approximate surface area is 131 Å². The van der Waals surface area contributed by atoms with Gasteiger partial charge in [-0.05, 0) is 30.8 Å². The Kier molecular flexibility index (Phi) is 4.16. The number of likely N-dealkylation sites (N-methyl/N-ethyl adjacent to an activating group) is 1. The molecule has 1 N–H and O–H groups in total. The van der Waals surface area contributed by atoms with Gasteiger partial charge in [0.15, 0.2) is 0 Å². The third-order valence-corrected chi connectivity index (χ3v) is 3.70. The molecule has 3 rings (SSSR count). The molecule has 0 saturated carbocycles. The van der Waals surface area contributed by atoms with Crippen LogP contribution in [0.3, 0.4) is 0 Å². The van der Waals surface area contributed by atoms with Crippen LogP contribution in [0.1, 0.15) is 19.2 Å². The summed E-state index contributed by atoms with van der Waals surface area (Å²) in [6.07, 6.45) is 0.131. The largest absolute Gasteiger partial charge is 0.338 e. The van der Waals surface area contributed by atoms with E-state index in [1.165, 1.54) is 12.1 Å². The summed E-state index contributed by atoms with van der Waals surface area (Å²) >= 11 is 0. The van der Waals surface area contributed by atoms with E-state index >= 15 is 0 Å². The van der Waals surface area contributed by atoms with Gasteiger partial charge < -0.3 is 4.52 Å². The Hall–Kier alpha value is -2.61. The van der Waals surface area contributed by atoms with Gasteiger partial charge in [-0.2, -0.15) is 4.98 Å². The molecule has 0 unspecified atom stereocenters. The summed E-state index contributed by atoms with van der Waals surface area (Å²) < 4.78 is 18.1. The maximum Gasteiger partial charge on any atom is 0.244 e. The van der Waals surface area contributed by atoms with Gasteiger partial charge in [-0.25, -0.2) is 4.39 Å². The molecule has 1 atom stereocenters. The first-order valence-electron chi connectivity index (χ1n) is 7.23. The van der Waals surface area contributed by atoms with Gasteiger partial charge in [0.2, 0.25) is 23.5 Å². The summed E-state index contributed by atoms with van der Waals surface area (Å²) in [6, 6.07) is 5.24. The van der Waals surface area contributed by atoms with E-state index in [2.05, 4.69) is 15.5 Å². The lowest BCUT2D eigenvalue weighted by Crippen LogP contribution is -2.40. The molecular formula is C15H15FN4O3. The van der Waals surface area contributed by atoms with Crippen molar-refractivity contribution in [2.45, 2.75) is 25.9 Å². The van der Waals surface area contributed by atoms with Crippen molar-refractivity contribution in [3.05, 3.63) is 36.0 Å². The van der Waals surface area contributed by atoms with Gasteiger partial charge in [-0.3, -0.25) is 19.8 Å². The van der Waals surface area contributed by atoms with Crippen LogP contribution in [0.2, 0.25) is 0 Å². The molecule has 1 aliphatic heterocycles. The number of aromatic nitrogens is 2. The van der Waals surface area contributed by atoms with Gasteiger partial charge in [0, 0.05) is 5.56 Å². The number of carbonyl (C=O) groups is 2. The lowest BCUT2D eigenvalue weighted by Gasteiger charge is -2.22. The van der Waals surface area contributed by atoms with Gasteiger partial charge in [0.05, 0.1) is 19.0 Å². The Morgan fingerprint density at radius 1 is 1.35 bits per heavy atom. The lowest BCUT2D eigenvalue weighted by atomic mass is 10.2. The molecule has 2 aromatic rings. The highest BCUT2D eigenvalue weighted by molar-refractivity contribution is 6.05. The highest BCUT2D eigenvalue weighted by atomic mass is 19.1. The quantitative estimate of drug-likeness (QED) is 0.831. The fraction of sp³-hybridized carbons (Fsp3) is 0.333. The summed E-state index contributed by atoms with van der Waals surface area (Å²) in [5.41, 5.74) is 0.637. The van der Waals surface area contributed by atoms with E-state index in [4.69, 9.17) is 4.52 Å². The molecule has 0 bridgehead atoms. The predicted octanol–water partition coefficient (Wildman–Crippen LogP) is 1.11. The highest BCUT2D eigenvalue weighted by Gasteiger charge is 2.35. The van der Waals surface area contributed by atoms with E-state index in [1.807, 2.05) is 6.92 Å². The molecule has 2 amide bonds. The van der Waals surface area contributed by atoms with Crippen LogP contribution in [0.15, 0.2) is 28.8 Å². The van der Waals surface area contributed by atoms with Crippen LogP contribution in [-0.2, 0) is 16.1 Å². The molecule has 120 valence electrons. The molecule has 0 spiro atoms. The summed E-state index contributed by atoms with van der Waals surface area (Å²) in [6.45, 7) is 2.70. The van der Waals surface area contributed by atoms with Crippen molar-refractivity contribution in [1.82, 2.24) is 20.4 Å². The second kappa shape index (κ2) is 6.25.